The van der Waals surface area contributed by atoms with Gasteiger partial charge >= 0.3 is 0 Å². The van der Waals surface area contributed by atoms with Gasteiger partial charge in [-0.1, -0.05) is 18.2 Å². The van der Waals surface area contributed by atoms with Gasteiger partial charge in [0.1, 0.15) is 0 Å². The van der Waals surface area contributed by atoms with E-state index in [0.29, 0.717) is 17.8 Å². The van der Waals surface area contributed by atoms with E-state index < -0.39 is 0 Å². The van der Waals surface area contributed by atoms with Crippen molar-refractivity contribution in [1.82, 2.24) is 15.3 Å². The molecule has 1 aliphatic rings. The van der Waals surface area contributed by atoms with Crippen LogP contribution in [-0.2, 0) is 11.2 Å². The van der Waals surface area contributed by atoms with E-state index in [2.05, 4.69) is 20.6 Å². The summed E-state index contributed by atoms with van der Waals surface area (Å²) in [6.07, 6.45) is 5.72. The van der Waals surface area contributed by atoms with Crippen molar-refractivity contribution >= 4 is 17.5 Å². The van der Waals surface area contributed by atoms with Gasteiger partial charge in [0.2, 0.25) is 5.91 Å². The summed E-state index contributed by atoms with van der Waals surface area (Å²) in [6.45, 7) is 2.45. The number of hydrogen-bond donors (Lipinski definition) is 3. The fraction of sp³-hybridized carbons (Fsp3) is 0.136. The van der Waals surface area contributed by atoms with Crippen molar-refractivity contribution in [3.8, 4) is 22.5 Å². The molecule has 1 aliphatic heterocycles. The van der Waals surface area contributed by atoms with Crippen LogP contribution in [0.4, 0.5) is 5.69 Å². The first-order valence-electron chi connectivity index (χ1n) is 9.14. The maximum Gasteiger partial charge on any atom is 0.253 e. The van der Waals surface area contributed by atoms with Crippen LogP contribution in [-0.4, -0.2) is 28.3 Å². The second kappa shape index (κ2) is 7.52. The van der Waals surface area contributed by atoms with Gasteiger partial charge in [0.05, 0.1) is 11.3 Å². The Balaban J connectivity index is 1.64. The van der Waals surface area contributed by atoms with Crippen molar-refractivity contribution in [3.05, 3.63) is 72.1 Å². The van der Waals surface area contributed by atoms with Crippen LogP contribution < -0.4 is 10.6 Å². The summed E-state index contributed by atoms with van der Waals surface area (Å²) in [6, 6.07) is 13.3. The van der Waals surface area contributed by atoms with E-state index in [1.165, 1.54) is 6.08 Å². The number of amides is 2. The lowest BCUT2D eigenvalue weighted by Gasteiger charge is -2.11. The van der Waals surface area contributed by atoms with Gasteiger partial charge in [-0.2, -0.15) is 0 Å². The van der Waals surface area contributed by atoms with Gasteiger partial charge in [0.25, 0.3) is 5.91 Å². The lowest BCUT2D eigenvalue weighted by Crippen LogP contribution is -2.31. The van der Waals surface area contributed by atoms with E-state index in [-0.39, 0.29) is 11.8 Å². The van der Waals surface area contributed by atoms with Gasteiger partial charge in [-0.05, 0) is 43.3 Å². The number of aromatic nitrogens is 2. The van der Waals surface area contributed by atoms with Crippen molar-refractivity contribution in [3.63, 3.8) is 0 Å². The van der Waals surface area contributed by atoms with E-state index in [4.69, 9.17) is 0 Å². The summed E-state index contributed by atoms with van der Waals surface area (Å²) in [5.74, 6) is -0.209. The number of rotatable bonds is 4. The topological polar surface area (TPSA) is 86.9 Å². The minimum absolute atomic E-state index is 0.0393. The first kappa shape index (κ1) is 17.7. The Kier molecular flexibility index (Phi) is 4.76. The smallest absolute Gasteiger partial charge is 0.253 e. The molecular weight excluding hydrogens is 352 g/mol. The highest BCUT2D eigenvalue weighted by Crippen LogP contribution is 2.28. The minimum Gasteiger partial charge on any atom is -0.358 e. The Labute approximate surface area is 162 Å². The van der Waals surface area contributed by atoms with E-state index in [1.54, 1.807) is 19.2 Å². The molecule has 0 aliphatic carbocycles. The lowest BCUT2D eigenvalue weighted by atomic mass is 10.1. The van der Waals surface area contributed by atoms with Crippen molar-refractivity contribution in [2.75, 3.05) is 11.9 Å². The zero-order chi connectivity index (χ0) is 19.5. The fourth-order valence-electron chi connectivity index (χ4n) is 3.30. The van der Waals surface area contributed by atoms with Crippen LogP contribution >= 0.6 is 0 Å². The third-order valence-corrected chi connectivity index (χ3v) is 4.62. The normalized spacial score (nSPS) is 13.2. The first-order valence-corrected chi connectivity index (χ1v) is 9.14. The Morgan fingerprint density at radius 1 is 1.18 bits per heavy atom. The Morgan fingerprint density at radius 3 is 2.89 bits per heavy atom. The van der Waals surface area contributed by atoms with Crippen molar-refractivity contribution < 1.29 is 9.59 Å². The van der Waals surface area contributed by atoms with Gasteiger partial charge in [0, 0.05) is 47.4 Å². The van der Waals surface area contributed by atoms with Crippen LogP contribution in [0.1, 0.15) is 23.0 Å². The predicted molar refractivity (Wildman–Crippen MR) is 109 cm³/mol. The second-order valence-electron chi connectivity index (χ2n) is 6.58. The van der Waals surface area contributed by atoms with Gasteiger partial charge in [-0.15, -0.1) is 0 Å². The molecule has 28 heavy (non-hydrogen) atoms. The van der Waals surface area contributed by atoms with Crippen molar-refractivity contribution in [2.24, 2.45) is 0 Å². The van der Waals surface area contributed by atoms with E-state index in [1.807, 2.05) is 42.5 Å². The zero-order valence-electron chi connectivity index (χ0n) is 15.5. The summed E-state index contributed by atoms with van der Waals surface area (Å²) < 4.78 is 0. The fourth-order valence-corrected chi connectivity index (χ4v) is 3.30. The number of H-pyrrole nitrogens is 1. The largest absolute Gasteiger partial charge is 0.358 e. The molecule has 3 heterocycles. The van der Waals surface area contributed by atoms with E-state index in [9.17, 15) is 9.59 Å². The van der Waals surface area contributed by atoms with Crippen LogP contribution in [0.3, 0.4) is 0 Å². The molecule has 0 radical (unpaired) electrons. The number of nitrogens with zero attached hydrogens (tertiary/aromatic N) is 1. The summed E-state index contributed by atoms with van der Waals surface area (Å²) >= 11 is 0. The number of benzene rings is 1. The molecule has 0 atom stereocenters. The van der Waals surface area contributed by atoms with Crippen molar-refractivity contribution in [1.29, 1.82) is 0 Å². The van der Waals surface area contributed by atoms with Gasteiger partial charge < -0.3 is 15.6 Å². The molecule has 0 saturated heterocycles. The number of fused-ring (bicyclic) bond motifs is 1. The predicted octanol–water partition coefficient (Wildman–Crippen LogP) is 3.54. The van der Waals surface area contributed by atoms with Gasteiger partial charge in [0.15, 0.2) is 0 Å². The third kappa shape index (κ3) is 3.57. The standard InChI is InChI=1S/C22H20N4O2/c1-2-4-21(27)25-16-6-3-5-14(11-16)19-12-15(7-9-23-19)20-13-17-18(26-20)8-10-24-22(17)28/h2-7,9,11-13,26H,8,10H2,1H3,(H,24,28)(H,25,27)/b4-2+. The average Bonchev–Trinajstić information content (AvgIpc) is 3.14. The Hall–Kier alpha value is -3.67. The molecule has 3 N–H and O–H groups in total. The van der Waals surface area contributed by atoms with E-state index >= 15 is 0 Å². The average molecular weight is 372 g/mol. The molecule has 2 amide bonds. The molecule has 1 aromatic carbocycles. The maximum absolute atomic E-state index is 12.0. The number of hydrogen-bond acceptors (Lipinski definition) is 3. The third-order valence-electron chi connectivity index (χ3n) is 4.62. The molecule has 140 valence electrons. The summed E-state index contributed by atoms with van der Waals surface area (Å²) in [4.78, 5) is 31.6. The Morgan fingerprint density at radius 2 is 2.07 bits per heavy atom. The molecule has 3 aromatic rings. The molecule has 0 fully saturated rings. The number of pyridine rings is 1. The summed E-state index contributed by atoms with van der Waals surface area (Å²) in [7, 11) is 0. The molecule has 0 unspecified atom stereocenters. The molecule has 6 heteroatoms. The highest BCUT2D eigenvalue weighted by Gasteiger charge is 2.20. The number of carbonyl (C=O) groups is 2. The second-order valence-corrected chi connectivity index (χ2v) is 6.58. The molecule has 0 bridgehead atoms. The van der Waals surface area contributed by atoms with Crippen LogP contribution in [0.2, 0.25) is 0 Å². The van der Waals surface area contributed by atoms with E-state index in [0.717, 1.165) is 34.6 Å². The SMILES string of the molecule is C/C=C/C(=O)Nc1cccc(-c2cc(-c3cc4c([nH]3)CCNC4=O)ccn2)c1. The molecular formula is C22H20N4O2. The highest BCUT2D eigenvalue weighted by atomic mass is 16.2. The zero-order valence-corrected chi connectivity index (χ0v) is 15.5. The quantitative estimate of drug-likeness (QED) is 0.612. The number of aromatic amines is 1. The van der Waals surface area contributed by atoms with Crippen LogP contribution in [0.15, 0.2) is 60.8 Å². The lowest BCUT2D eigenvalue weighted by molar-refractivity contribution is -0.111. The maximum atomic E-state index is 12.0. The van der Waals surface area contributed by atoms with Gasteiger partial charge in [-0.25, -0.2) is 0 Å². The molecule has 4 rings (SSSR count). The van der Waals surface area contributed by atoms with Crippen LogP contribution in [0, 0.1) is 0 Å². The first-order chi connectivity index (χ1) is 13.6. The minimum atomic E-state index is -0.170. The molecule has 0 spiro atoms. The number of allylic oxidation sites excluding steroid dienone is 1. The number of nitrogens with one attached hydrogen (secondary N) is 3. The molecule has 6 nitrogen and oxygen atoms in total. The summed E-state index contributed by atoms with van der Waals surface area (Å²) in [5.41, 5.74) is 5.91. The highest BCUT2D eigenvalue weighted by molar-refractivity contribution is 5.99. The van der Waals surface area contributed by atoms with Crippen LogP contribution in [0.25, 0.3) is 22.5 Å². The van der Waals surface area contributed by atoms with Crippen LogP contribution in [0.5, 0.6) is 0 Å². The molecule has 2 aromatic heterocycles. The van der Waals surface area contributed by atoms with Gasteiger partial charge in [-0.3, -0.25) is 14.6 Å². The number of carbonyl (C=O) groups excluding carboxylic acids is 2. The monoisotopic (exact) mass is 372 g/mol. The van der Waals surface area contributed by atoms with Crippen molar-refractivity contribution in [2.45, 2.75) is 13.3 Å². The number of anilines is 1. The summed E-state index contributed by atoms with van der Waals surface area (Å²) in [5, 5.41) is 5.69. The Bertz CT molecular complexity index is 1080. The molecule has 0 saturated carbocycles.